The van der Waals surface area contributed by atoms with Crippen LogP contribution in [0.25, 0.3) is 0 Å². The van der Waals surface area contributed by atoms with Crippen LogP contribution in [-0.4, -0.2) is 21.0 Å². The molecule has 0 aromatic heterocycles. The summed E-state index contributed by atoms with van der Waals surface area (Å²) in [5.41, 5.74) is 4.84. The van der Waals surface area contributed by atoms with Crippen molar-refractivity contribution in [2.75, 3.05) is 6.54 Å². The van der Waals surface area contributed by atoms with Gasteiger partial charge in [-0.2, -0.15) is 13.2 Å². The van der Waals surface area contributed by atoms with Crippen LogP contribution in [0.3, 0.4) is 0 Å². The van der Waals surface area contributed by atoms with Crippen molar-refractivity contribution < 1.29 is 21.6 Å². The van der Waals surface area contributed by atoms with E-state index in [1.807, 2.05) is 0 Å². The number of alkyl halides is 3. The molecule has 0 bridgehead atoms. The molecular weight excluding hydrogens is 317 g/mol. The molecule has 0 aliphatic heterocycles. The quantitative estimate of drug-likeness (QED) is 0.887. The molecule has 0 radical (unpaired) electrons. The Morgan fingerprint density at radius 1 is 1.32 bits per heavy atom. The van der Waals surface area contributed by atoms with Gasteiger partial charge in [0.05, 0.1) is 10.5 Å². The molecule has 2 atom stereocenters. The number of hydrogen-bond acceptors (Lipinski definition) is 3. The maximum absolute atomic E-state index is 12.6. The van der Waals surface area contributed by atoms with Crippen molar-refractivity contribution in [2.24, 2.45) is 11.7 Å². The monoisotopic (exact) mass is 336 g/mol. The average Bonchev–Trinajstić information content (AvgIpc) is 2.83. The Labute approximate surface area is 127 Å². The van der Waals surface area contributed by atoms with Crippen molar-refractivity contribution in [2.45, 2.75) is 43.3 Å². The maximum atomic E-state index is 12.6. The second-order valence-corrected chi connectivity index (χ2v) is 7.31. The number of nitrogens with one attached hydrogen (secondary N) is 1. The van der Waals surface area contributed by atoms with E-state index in [2.05, 4.69) is 4.72 Å². The number of halogens is 3. The van der Waals surface area contributed by atoms with Crippen LogP contribution in [0.5, 0.6) is 0 Å². The summed E-state index contributed by atoms with van der Waals surface area (Å²) in [4.78, 5) is -0.122. The number of benzene rings is 1. The van der Waals surface area contributed by atoms with Gasteiger partial charge >= 0.3 is 6.18 Å². The van der Waals surface area contributed by atoms with Crippen LogP contribution in [0.15, 0.2) is 23.1 Å². The van der Waals surface area contributed by atoms with Crippen LogP contribution >= 0.6 is 0 Å². The standard InChI is InChI=1S/C14H19F3N2O2S/c1-9-7-11(14(15,16)17)5-6-13(9)22(20,21)19-12-4-2-3-10(12)8-18/h5-7,10,12,19H,2-4,8,18H2,1H3. The third kappa shape index (κ3) is 3.61. The molecule has 1 aromatic carbocycles. The van der Waals surface area contributed by atoms with E-state index in [1.54, 1.807) is 0 Å². The second-order valence-electron chi connectivity index (χ2n) is 5.63. The van der Waals surface area contributed by atoms with Crippen LogP contribution in [-0.2, 0) is 16.2 Å². The van der Waals surface area contributed by atoms with Gasteiger partial charge < -0.3 is 5.73 Å². The van der Waals surface area contributed by atoms with Crippen molar-refractivity contribution in [1.82, 2.24) is 4.72 Å². The molecular formula is C14H19F3N2O2S. The molecule has 1 aliphatic rings. The van der Waals surface area contributed by atoms with Crippen LogP contribution in [0, 0.1) is 12.8 Å². The Bertz CT molecular complexity index is 644. The van der Waals surface area contributed by atoms with Crippen molar-refractivity contribution in [3.8, 4) is 0 Å². The molecule has 3 N–H and O–H groups in total. The minimum atomic E-state index is -4.49. The van der Waals surface area contributed by atoms with E-state index in [1.165, 1.54) is 6.92 Å². The molecule has 124 valence electrons. The van der Waals surface area contributed by atoms with Gasteiger partial charge in [0.1, 0.15) is 0 Å². The summed E-state index contributed by atoms with van der Waals surface area (Å²) in [7, 11) is -3.85. The second kappa shape index (κ2) is 6.17. The lowest BCUT2D eigenvalue weighted by atomic mass is 10.1. The molecule has 22 heavy (non-hydrogen) atoms. The fourth-order valence-electron chi connectivity index (χ4n) is 2.86. The largest absolute Gasteiger partial charge is 0.416 e. The number of rotatable bonds is 4. The summed E-state index contributed by atoms with van der Waals surface area (Å²) in [6.45, 7) is 1.75. The van der Waals surface area contributed by atoms with Gasteiger partial charge in [-0.3, -0.25) is 0 Å². The Hall–Kier alpha value is -1.12. The first-order valence-electron chi connectivity index (χ1n) is 7.05. The van der Waals surface area contributed by atoms with Gasteiger partial charge in [-0.15, -0.1) is 0 Å². The smallest absolute Gasteiger partial charge is 0.330 e. The van der Waals surface area contributed by atoms with E-state index in [0.717, 1.165) is 31.0 Å². The molecule has 0 amide bonds. The van der Waals surface area contributed by atoms with Gasteiger partial charge in [-0.25, -0.2) is 13.1 Å². The summed E-state index contributed by atoms with van der Waals surface area (Å²) in [6, 6.07) is 2.39. The molecule has 2 unspecified atom stereocenters. The molecule has 0 heterocycles. The highest BCUT2D eigenvalue weighted by atomic mass is 32.2. The molecule has 0 spiro atoms. The van der Waals surface area contributed by atoms with E-state index in [-0.39, 0.29) is 22.4 Å². The molecule has 2 rings (SSSR count). The number of aryl methyl sites for hydroxylation is 1. The summed E-state index contributed by atoms with van der Waals surface area (Å²) in [5.74, 6) is 0.0736. The van der Waals surface area contributed by atoms with Crippen molar-refractivity contribution in [3.63, 3.8) is 0 Å². The van der Waals surface area contributed by atoms with Crippen molar-refractivity contribution >= 4 is 10.0 Å². The first kappa shape index (κ1) is 17.2. The maximum Gasteiger partial charge on any atom is 0.416 e. The van der Waals surface area contributed by atoms with E-state index < -0.39 is 21.8 Å². The fraction of sp³-hybridized carbons (Fsp3) is 0.571. The normalized spacial score (nSPS) is 23.0. The lowest BCUT2D eigenvalue weighted by Crippen LogP contribution is -2.40. The van der Waals surface area contributed by atoms with Crippen LogP contribution < -0.4 is 10.5 Å². The molecule has 1 saturated carbocycles. The zero-order chi connectivity index (χ0) is 16.5. The number of hydrogen-bond donors (Lipinski definition) is 2. The number of sulfonamides is 1. The number of nitrogens with two attached hydrogens (primary N) is 1. The van der Waals surface area contributed by atoms with E-state index >= 15 is 0 Å². The topological polar surface area (TPSA) is 72.2 Å². The Morgan fingerprint density at radius 3 is 2.55 bits per heavy atom. The summed E-state index contributed by atoms with van der Waals surface area (Å²) in [6.07, 6.45) is -2.05. The minimum absolute atomic E-state index is 0.0736. The third-order valence-corrected chi connectivity index (χ3v) is 5.71. The molecule has 1 aromatic rings. The predicted molar refractivity (Wildman–Crippen MR) is 76.7 cm³/mol. The van der Waals surface area contributed by atoms with Gasteiger partial charge in [0.15, 0.2) is 0 Å². The van der Waals surface area contributed by atoms with Gasteiger partial charge in [0.25, 0.3) is 0 Å². The van der Waals surface area contributed by atoms with Gasteiger partial charge in [-0.1, -0.05) is 6.42 Å². The molecule has 1 aliphatic carbocycles. The molecule has 8 heteroatoms. The highest BCUT2D eigenvalue weighted by molar-refractivity contribution is 7.89. The first-order chi connectivity index (χ1) is 10.1. The first-order valence-corrected chi connectivity index (χ1v) is 8.53. The Balaban J connectivity index is 2.26. The molecule has 0 saturated heterocycles. The fourth-order valence-corrected chi connectivity index (χ4v) is 4.43. The minimum Gasteiger partial charge on any atom is -0.330 e. The van der Waals surface area contributed by atoms with Crippen LogP contribution in [0.2, 0.25) is 0 Å². The molecule has 1 fully saturated rings. The zero-order valence-electron chi connectivity index (χ0n) is 12.2. The lowest BCUT2D eigenvalue weighted by molar-refractivity contribution is -0.137. The zero-order valence-corrected chi connectivity index (χ0v) is 13.0. The SMILES string of the molecule is Cc1cc(C(F)(F)F)ccc1S(=O)(=O)NC1CCCC1CN. The summed E-state index contributed by atoms with van der Waals surface area (Å²) in [5, 5.41) is 0. The Morgan fingerprint density at radius 2 is 2.00 bits per heavy atom. The highest BCUT2D eigenvalue weighted by Crippen LogP contribution is 2.32. The van der Waals surface area contributed by atoms with E-state index in [0.29, 0.717) is 13.0 Å². The van der Waals surface area contributed by atoms with Gasteiger partial charge in [0.2, 0.25) is 10.0 Å². The molecule has 4 nitrogen and oxygen atoms in total. The van der Waals surface area contributed by atoms with E-state index in [4.69, 9.17) is 5.73 Å². The average molecular weight is 336 g/mol. The predicted octanol–water partition coefficient (Wildman–Crippen LogP) is 2.42. The Kier molecular flexibility index (Phi) is 4.84. The van der Waals surface area contributed by atoms with Crippen LogP contribution in [0.4, 0.5) is 13.2 Å². The van der Waals surface area contributed by atoms with Crippen molar-refractivity contribution in [3.05, 3.63) is 29.3 Å². The van der Waals surface area contributed by atoms with Crippen molar-refractivity contribution in [1.29, 1.82) is 0 Å². The highest BCUT2D eigenvalue weighted by Gasteiger charge is 2.33. The third-order valence-electron chi connectivity index (χ3n) is 4.06. The van der Waals surface area contributed by atoms with Gasteiger partial charge in [0, 0.05) is 6.04 Å². The summed E-state index contributed by atoms with van der Waals surface area (Å²) < 4.78 is 65.3. The van der Waals surface area contributed by atoms with Gasteiger partial charge in [-0.05, 0) is 56.0 Å². The summed E-state index contributed by atoms with van der Waals surface area (Å²) >= 11 is 0. The van der Waals surface area contributed by atoms with Crippen LogP contribution in [0.1, 0.15) is 30.4 Å². The van der Waals surface area contributed by atoms with E-state index in [9.17, 15) is 21.6 Å². The lowest BCUT2D eigenvalue weighted by Gasteiger charge is -2.20.